The average Bonchev–Trinajstić information content (AvgIpc) is 3.57. The van der Waals surface area contributed by atoms with Crippen LogP contribution in [0.2, 0.25) is 10.0 Å². The fraction of sp³-hybridized carbons (Fsp3) is 0.280. The van der Waals surface area contributed by atoms with Crippen LogP contribution in [0, 0.1) is 11.2 Å². The van der Waals surface area contributed by atoms with Crippen LogP contribution in [0.1, 0.15) is 40.0 Å². The maximum Gasteiger partial charge on any atom is 0.257 e. The van der Waals surface area contributed by atoms with Gasteiger partial charge in [0.1, 0.15) is 5.82 Å². The third kappa shape index (κ3) is 4.03. The maximum atomic E-state index is 15.5. The van der Waals surface area contributed by atoms with Gasteiger partial charge >= 0.3 is 0 Å². The van der Waals surface area contributed by atoms with Gasteiger partial charge in [0.05, 0.1) is 30.5 Å². The summed E-state index contributed by atoms with van der Waals surface area (Å²) in [7, 11) is 0. The molecule has 1 atom stereocenters. The van der Waals surface area contributed by atoms with Crippen LogP contribution in [-0.4, -0.2) is 34.1 Å². The minimum atomic E-state index is -1.58. The molecule has 1 aliphatic carbocycles. The van der Waals surface area contributed by atoms with Crippen LogP contribution in [-0.2, 0) is 17.0 Å². The number of benzene rings is 2. The van der Waals surface area contributed by atoms with Crippen molar-refractivity contribution in [2.24, 2.45) is 5.41 Å². The van der Waals surface area contributed by atoms with E-state index in [2.05, 4.69) is 20.9 Å². The Balaban J connectivity index is 1.71. The number of fused-ring (bicyclic) bond motifs is 1. The zero-order valence-corrected chi connectivity index (χ0v) is 21.0. The van der Waals surface area contributed by atoms with Gasteiger partial charge in [0.2, 0.25) is 0 Å². The Labute approximate surface area is 214 Å². The molecule has 1 unspecified atom stereocenters. The number of amides is 1. The van der Waals surface area contributed by atoms with Crippen molar-refractivity contribution in [3.63, 3.8) is 0 Å². The zero-order valence-electron chi connectivity index (χ0n) is 17.9. The van der Waals surface area contributed by atoms with E-state index in [0.717, 1.165) is 12.8 Å². The van der Waals surface area contributed by atoms with Gasteiger partial charge in [-0.1, -0.05) is 45.2 Å². The Hall–Kier alpha value is -2.03. The van der Waals surface area contributed by atoms with E-state index in [1.807, 2.05) is 0 Å². The Morgan fingerprint density at radius 2 is 1.82 bits per heavy atom. The summed E-state index contributed by atoms with van der Waals surface area (Å²) in [6.07, 6.45) is 3.09. The van der Waals surface area contributed by atoms with Gasteiger partial charge < -0.3 is 9.84 Å². The SMILES string of the molecule is O=C1c2cc(Br)ccc2C(OCC2(CO)CC2)(c2ccc(Cl)cc2F)N1Cc1ccc(Cl)cn1. The molecule has 2 heterocycles. The van der Waals surface area contributed by atoms with Crippen LogP contribution in [0.5, 0.6) is 0 Å². The minimum Gasteiger partial charge on any atom is -0.396 e. The Kier molecular flexibility index (Phi) is 6.19. The number of hydrogen-bond donors (Lipinski definition) is 1. The van der Waals surface area contributed by atoms with E-state index >= 15 is 4.39 Å². The first-order valence-corrected chi connectivity index (χ1v) is 12.3. The van der Waals surface area contributed by atoms with Gasteiger partial charge in [0, 0.05) is 37.8 Å². The normalized spacial score (nSPS) is 20.5. The van der Waals surface area contributed by atoms with Crippen LogP contribution in [0.15, 0.2) is 59.2 Å². The molecule has 2 aliphatic rings. The second kappa shape index (κ2) is 8.88. The number of nitrogens with zero attached hydrogens (tertiary/aromatic N) is 2. The maximum absolute atomic E-state index is 15.5. The number of ether oxygens (including phenoxy) is 1. The highest BCUT2D eigenvalue weighted by atomic mass is 79.9. The molecule has 0 saturated heterocycles. The highest BCUT2D eigenvalue weighted by Crippen LogP contribution is 2.52. The molecule has 1 saturated carbocycles. The number of carbonyl (C=O) groups is 1. The Morgan fingerprint density at radius 1 is 1.09 bits per heavy atom. The lowest BCUT2D eigenvalue weighted by Crippen LogP contribution is -2.48. The second-order valence-electron chi connectivity index (χ2n) is 8.76. The summed E-state index contributed by atoms with van der Waals surface area (Å²) in [6.45, 7) is 0.154. The number of hydrogen-bond acceptors (Lipinski definition) is 4. The number of aliphatic hydroxyl groups is 1. The fourth-order valence-electron chi connectivity index (χ4n) is 4.34. The van der Waals surface area contributed by atoms with Crippen molar-refractivity contribution < 1.29 is 19.0 Å². The molecule has 3 aromatic rings. The van der Waals surface area contributed by atoms with E-state index in [0.29, 0.717) is 26.3 Å². The summed E-state index contributed by atoms with van der Waals surface area (Å²) in [4.78, 5) is 19.6. The lowest BCUT2D eigenvalue weighted by atomic mass is 9.92. The summed E-state index contributed by atoms with van der Waals surface area (Å²) in [5, 5.41) is 10.6. The molecule has 9 heteroatoms. The molecule has 2 aromatic carbocycles. The van der Waals surface area contributed by atoms with Gasteiger partial charge in [-0.25, -0.2) is 4.39 Å². The largest absolute Gasteiger partial charge is 0.396 e. The quantitative estimate of drug-likeness (QED) is 0.385. The number of rotatable bonds is 7. The van der Waals surface area contributed by atoms with Crippen LogP contribution < -0.4 is 0 Å². The molecule has 34 heavy (non-hydrogen) atoms. The highest BCUT2D eigenvalue weighted by Gasteiger charge is 2.55. The molecule has 1 amide bonds. The van der Waals surface area contributed by atoms with E-state index < -0.39 is 17.0 Å². The van der Waals surface area contributed by atoms with Crippen molar-refractivity contribution in [1.82, 2.24) is 9.88 Å². The molecular formula is C25H20BrCl2FN2O3. The molecule has 5 rings (SSSR count). The number of aromatic nitrogens is 1. The summed E-state index contributed by atoms with van der Waals surface area (Å²) in [6, 6.07) is 13.0. The van der Waals surface area contributed by atoms with Gasteiger partial charge in [-0.3, -0.25) is 14.7 Å². The van der Waals surface area contributed by atoms with Gasteiger partial charge in [-0.2, -0.15) is 0 Å². The molecule has 176 valence electrons. The Bertz CT molecular complexity index is 1270. The summed E-state index contributed by atoms with van der Waals surface area (Å²) in [5.74, 6) is -0.921. The average molecular weight is 566 g/mol. The van der Waals surface area contributed by atoms with E-state index in [9.17, 15) is 9.90 Å². The second-order valence-corrected chi connectivity index (χ2v) is 10.6. The van der Waals surface area contributed by atoms with Crippen molar-refractivity contribution >= 4 is 45.0 Å². The lowest BCUT2D eigenvalue weighted by molar-refractivity contribution is -0.130. The topological polar surface area (TPSA) is 62.7 Å². The summed E-state index contributed by atoms with van der Waals surface area (Å²) < 4.78 is 22.8. The molecule has 1 fully saturated rings. The van der Waals surface area contributed by atoms with Crippen LogP contribution in [0.4, 0.5) is 4.39 Å². The van der Waals surface area contributed by atoms with E-state index in [-0.39, 0.29) is 36.3 Å². The Morgan fingerprint density at radius 3 is 2.47 bits per heavy atom. The molecule has 5 nitrogen and oxygen atoms in total. The first kappa shape index (κ1) is 23.7. The molecule has 0 radical (unpaired) electrons. The number of halogens is 4. The summed E-state index contributed by atoms with van der Waals surface area (Å²) in [5.41, 5.74) is -0.338. The van der Waals surface area contributed by atoms with Gasteiger partial charge in [0.15, 0.2) is 5.72 Å². The number of carbonyl (C=O) groups excluding carboxylic acids is 1. The molecular weight excluding hydrogens is 546 g/mol. The third-order valence-electron chi connectivity index (χ3n) is 6.49. The van der Waals surface area contributed by atoms with E-state index in [1.54, 1.807) is 42.5 Å². The standard InChI is InChI=1S/C25H20BrCl2FN2O3/c26-15-1-5-20-19(9-15)23(33)31(12-18-4-2-17(28)11-30-18)25(20,34-14-24(13-32)7-8-24)21-6-3-16(27)10-22(21)29/h1-6,9-11,32H,7-8,12-14H2. The van der Waals surface area contributed by atoms with E-state index in [1.165, 1.54) is 17.2 Å². The molecule has 1 aromatic heterocycles. The van der Waals surface area contributed by atoms with Crippen molar-refractivity contribution in [2.75, 3.05) is 13.2 Å². The number of pyridine rings is 1. The molecule has 0 bridgehead atoms. The third-order valence-corrected chi connectivity index (χ3v) is 7.44. The summed E-state index contributed by atoms with van der Waals surface area (Å²) >= 11 is 15.5. The first-order chi connectivity index (χ1) is 16.3. The lowest BCUT2D eigenvalue weighted by Gasteiger charge is -2.40. The minimum absolute atomic E-state index is 0.0495. The highest BCUT2D eigenvalue weighted by molar-refractivity contribution is 9.10. The zero-order chi connectivity index (χ0) is 24.1. The van der Waals surface area contributed by atoms with Crippen LogP contribution >= 0.6 is 39.1 Å². The fourth-order valence-corrected chi connectivity index (χ4v) is 4.97. The van der Waals surface area contributed by atoms with Crippen LogP contribution in [0.3, 0.4) is 0 Å². The molecule has 1 N–H and O–H groups in total. The van der Waals surface area contributed by atoms with Crippen molar-refractivity contribution in [3.8, 4) is 0 Å². The van der Waals surface area contributed by atoms with Gasteiger partial charge in [0.25, 0.3) is 5.91 Å². The van der Waals surface area contributed by atoms with Crippen molar-refractivity contribution in [1.29, 1.82) is 0 Å². The van der Waals surface area contributed by atoms with E-state index in [4.69, 9.17) is 27.9 Å². The molecule has 1 aliphatic heterocycles. The van der Waals surface area contributed by atoms with Gasteiger partial charge in [-0.05, 0) is 55.3 Å². The van der Waals surface area contributed by atoms with Crippen molar-refractivity contribution in [3.05, 3.63) is 97.4 Å². The monoisotopic (exact) mass is 564 g/mol. The molecule has 0 spiro atoms. The van der Waals surface area contributed by atoms with Crippen molar-refractivity contribution in [2.45, 2.75) is 25.1 Å². The van der Waals surface area contributed by atoms with Crippen LogP contribution in [0.25, 0.3) is 0 Å². The predicted octanol–water partition coefficient (Wildman–Crippen LogP) is 5.94. The van der Waals surface area contributed by atoms with Gasteiger partial charge in [-0.15, -0.1) is 0 Å². The predicted molar refractivity (Wildman–Crippen MR) is 130 cm³/mol. The number of aliphatic hydroxyl groups excluding tert-OH is 1. The smallest absolute Gasteiger partial charge is 0.257 e. The first-order valence-electron chi connectivity index (χ1n) is 10.7.